The molecule has 2 N–H and O–H groups in total. The normalized spacial score (nSPS) is 14.0. The Bertz CT molecular complexity index is 756. The maximum atomic E-state index is 10.3. The Kier molecular flexibility index (Phi) is 4.02. The first-order valence-electron chi connectivity index (χ1n) is 7.32. The number of aromatic nitrogens is 4. The van der Waals surface area contributed by atoms with Crippen molar-refractivity contribution in [3.05, 3.63) is 53.9 Å². The fraction of sp³-hybridized carbons (Fsp3) is 0.312. The Labute approximate surface area is 128 Å². The van der Waals surface area contributed by atoms with Gasteiger partial charge in [-0.05, 0) is 38.0 Å². The highest BCUT2D eigenvalue weighted by Crippen LogP contribution is 2.19. The number of aliphatic hydroxyl groups is 1. The van der Waals surface area contributed by atoms with Gasteiger partial charge < -0.3 is 10.4 Å². The van der Waals surface area contributed by atoms with E-state index in [9.17, 15) is 5.11 Å². The van der Waals surface area contributed by atoms with Crippen molar-refractivity contribution in [2.24, 2.45) is 0 Å². The lowest BCUT2D eigenvalue weighted by atomic mass is 10.0. The second-order valence-electron chi connectivity index (χ2n) is 5.43. The summed E-state index contributed by atoms with van der Waals surface area (Å²) in [5.41, 5.74) is 1.64. The van der Waals surface area contributed by atoms with E-state index in [1.54, 1.807) is 0 Å². The van der Waals surface area contributed by atoms with Gasteiger partial charge >= 0.3 is 0 Å². The number of hydrogen-bond donors (Lipinski definition) is 2. The molecule has 6 nitrogen and oxygen atoms in total. The lowest BCUT2D eigenvalue weighted by Crippen LogP contribution is -2.20. The third-order valence-electron chi connectivity index (χ3n) is 3.47. The summed E-state index contributed by atoms with van der Waals surface area (Å²) in [6.45, 7) is 3.85. The summed E-state index contributed by atoms with van der Waals surface area (Å²) in [5.74, 6) is 1.40. The summed E-state index contributed by atoms with van der Waals surface area (Å²) in [7, 11) is 0. The van der Waals surface area contributed by atoms with Crippen LogP contribution in [0.3, 0.4) is 0 Å². The molecule has 0 aliphatic carbocycles. The van der Waals surface area contributed by atoms with Crippen molar-refractivity contribution in [3.63, 3.8) is 0 Å². The Hall–Kier alpha value is -2.47. The Morgan fingerprint density at radius 2 is 1.91 bits per heavy atom. The zero-order chi connectivity index (χ0) is 15.5. The molecule has 0 bridgehead atoms. The standard InChI is InChI=1S/C16H19N5O/c1-11(10-14(22)13-6-4-3-5-7-13)17-15-8-9-16-18-12(2)19-21(16)20-15/h3-9,11,14,22H,10H2,1-2H3,(H,17,20)/t11-,14-/m0/s1. The van der Waals surface area contributed by atoms with Crippen molar-refractivity contribution in [1.29, 1.82) is 0 Å². The van der Waals surface area contributed by atoms with Crippen LogP contribution in [0.4, 0.5) is 5.82 Å². The molecule has 1 aromatic carbocycles. The largest absolute Gasteiger partial charge is 0.388 e. The fourth-order valence-corrected chi connectivity index (χ4v) is 2.42. The SMILES string of the molecule is Cc1nc2ccc(N[C@@H](C)C[C@H](O)c3ccccc3)nn2n1. The number of benzene rings is 1. The highest BCUT2D eigenvalue weighted by Gasteiger charge is 2.13. The highest BCUT2D eigenvalue weighted by molar-refractivity contribution is 5.43. The predicted octanol–water partition coefficient (Wildman–Crippen LogP) is 2.36. The molecule has 0 unspecified atom stereocenters. The molecule has 0 saturated carbocycles. The maximum absolute atomic E-state index is 10.3. The van der Waals surface area contributed by atoms with E-state index in [0.717, 1.165) is 11.2 Å². The maximum Gasteiger partial charge on any atom is 0.176 e. The van der Waals surface area contributed by atoms with E-state index in [-0.39, 0.29) is 6.04 Å². The van der Waals surface area contributed by atoms with Crippen molar-refractivity contribution in [2.45, 2.75) is 32.4 Å². The number of nitrogens with one attached hydrogen (secondary N) is 1. The second-order valence-corrected chi connectivity index (χ2v) is 5.43. The Morgan fingerprint density at radius 3 is 2.68 bits per heavy atom. The lowest BCUT2D eigenvalue weighted by Gasteiger charge is -2.18. The van der Waals surface area contributed by atoms with Crippen LogP contribution in [0.5, 0.6) is 0 Å². The fourth-order valence-electron chi connectivity index (χ4n) is 2.42. The van der Waals surface area contributed by atoms with Gasteiger partial charge in [0.25, 0.3) is 0 Å². The van der Waals surface area contributed by atoms with Gasteiger partial charge in [0.1, 0.15) is 11.6 Å². The van der Waals surface area contributed by atoms with Crippen molar-refractivity contribution in [2.75, 3.05) is 5.32 Å². The third kappa shape index (κ3) is 3.23. The topological polar surface area (TPSA) is 75.3 Å². The molecule has 3 aromatic rings. The van der Waals surface area contributed by atoms with E-state index < -0.39 is 6.10 Å². The predicted molar refractivity (Wildman–Crippen MR) is 84.6 cm³/mol. The quantitative estimate of drug-likeness (QED) is 0.756. The van der Waals surface area contributed by atoms with Gasteiger partial charge in [0, 0.05) is 6.04 Å². The first-order valence-corrected chi connectivity index (χ1v) is 7.32. The van der Waals surface area contributed by atoms with Gasteiger partial charge in [0.2, 0.25) is 0 Å². The zero-order valence-corrected chi connectivity index (χ0v) is 12.6. The van der Waals surface area contributed by atoms with Crippen LogP contribution in [0, 0.1) is 6.92 Å². The van der Waals surface area contributed by atoms with Gasteiger partial charge in [-0.3, -0.25) is 0 Å². The summed E-state index contributed by atoms with van der Waals surface area (Å²) in [6.07, 6.45) is 0.0983. The average Bonchev–Trinajstić information content (AvgIpc) is 2.87. The van der Waals surface area contributed by atoms with E-state index >= 15 is 0 Å². The molecular formula is C16H19N5O. The van der Waals surface area contributed by atoms with Crippen LogP contribution < -0.4 is 5.32 Å². The van der Waals surface area contributed by atoms with Crippen LogP contribution >= 0.6 is 0 Å². The van der Waals surface area contributed by atoms with Crippen LogP contribution in [-0.2, 0) is 0 Å². The minimum Gasteiger partial charge on any atom is -0.388 e. The Morgan fingerprint density at radius 1 is 1.14 bits per heavy atom. The van der Waals surface area contributed by atoms with E-state index in [4.69, 9.17) is 0 Å². The summed E-state index contributed by atoms with van der Waals surface area (Å²) in [4.78, 5) is 4.24. The molecule has 0 amide bonds. The van der Waals surface area contributed by atoms with Crippen LogP contribution in [0.1, 0.15) is 30.8 Å². The van der Waals surface area contributed by atoms with Crippen LogP contribution in [-0.4, -0.2) is 31.0 Å². The molecule has 2 aromatic heterocycles. The number of hydrogen-bond acceptors (Lipinski definition) is 5. The van der Waals surface area contributed by atoms with Crippen molar-refractivity contribution in [1.82, 2.24) is 19.8 Å². The first kappa shape index (κ1) is 14.5. The van der Waals surface area contributed by atoms with Gasteiger partial charge in [-0.25, -0.2) is 4.98 Å². The molecule has 3 rings (SSSR count). The monoisotopic (exact) mass is 297 g/mol. The number of aryl methyl sites for hydroxylation is 1. The van der Waals surface area contributed by atoms with Gasteiger partial charge in [-0.2, -0.15) is 0 Å². The van der Waals surface area contributed by atoms with Gasteiger partial charge in [-0.15, -0.1) is 14.8 Å². The molecule has 0 aliphatic heterocycles. The number of nitrogens with zero attached hydrogens (tertiary/aromatic N) is 4. The molecule has 0 saturated heterocycles. The van der Waals surface area contributed by atoms with Gasteiger partial charge in [0.15, 0.2) is 5.65 Å². The molecule has 0 aliphatic rings. The van der Waals surface area contributed by atoms with E-state index in [1.165, 1.54) is 4.63 Å². The number of fused-ring (bicyclic) bond motifs is 1. The summed E-state index contributed by atoms with van der Waals surface area (Å²) in [5, 5.41) is 22.1. The molecule has 22 heavy (non-hydrogen) atoms. The van der Waals surface area contributed by atoms with Crippen LogP contribution in [0.2, 0.25) is 0 Å². The van der Waals surface area contributed by atoms with Crippen molar-refractivity contribution >= 4 is 11.5 Å². The van der Waals surface area contributed by atoms with Crippen molar-refractivity contribution in [3.8, 4) is 0 Å². The molecular weight excluding hydrogens is 278 g/mol. The molecule has 0 fully saturated rings. The third-order valence-corrected chi connectivity index (χ3v) is 3.47. The molecule has 2 heterocycles. The molecule has 6 heteroatoms. The minimum absolute atomic E-state index is 0.0739. The zero-order valence-electron chi connectivity index (χ0n) is 12.6. The minimum atomic E-state index is -0.499. The van der Waals surface area contributed by atoms with Gasteiger partial charge in [-0.1, -0.05) is 30.3 Å². The van der Waals surface area contributed by atoms with E-state index in [0.29, 0.717) is 18.1 Å². The Balaban J connectivity index is 1.66. The number of anilines is 1. The van der Waals surface area contributed by atoms with Gasteiger partial charge in [0.05, 0.1) is 6.10 Å². The smallest absolute Gasteiger partial charge is 0.176 e. The van der Waals surface area contributed by atoms with E-state index in [2.05, 4.69) is 20.5 Å². The first-order chi connectivity index (χ1) is 10.6. The lowest BCUT2D eigenvalue weighted by molar-refractivity contribution is 0.162. The molecule has 114 valence electrons. The van der Waals surface area contributed by atoms with Crippen LogP contribution in [0.25, 0.3) is 5.65 Å². The summed E-state index contributed by atoms with van der Waals surface area (Å²) >= 11 is 0. The molecule has 2 atom stereocenters. The number of rotatable bonds is 5. The van der Waals surface area contributed by atoms with Crippen molar-refractivity contribution < 1.29 is 5.11 Å². The van der Waals surface area contributed by atoms with Crippen LogP contribution in [0.15, 0.2) is 42.5 Å². The average molecular weight is 297 g/mol. The second kappa shape index (κ2) is 6.11. The highest BCUT2D eigenvalue weighted by atomic mass is 16.3. The number of aliphatic hydroxyl groups excluding tert-OH is 1. The van der Waals surface area contributed by atoms with E-state index in [1.807, 2.05) is 56.3 Å². The summed E-state index contributed by atoms with van der Waals surface area (Å²) in [6, 6.07) is 13.5. The molecule has 0 radical (unpaired) electrons. The molecule has 0 spiro atoms. The summed E-state index contributed by atoms with van der Waals surface area (Å²) < 4.78 is 1.51.